The first kappa shape index (κ1) is 13.9. The van der Waals surface area contributed by atoms with Gasteiger partial charge in [0.15, 0.2) is 11.6 Å². The molecule has 4 heteroatoms. The van der Waals surface area contributed by atoms with E-state index in [0.717, 1.165) is 24.9 Å². The van der Waals surface area contributed by atoms with Crippen LogP contribution in [0.1, 0.15) is 18.4 Å². The Labute approximate surface area is 102 Å². The van der Waals surface area contributed by atoms with Crippen LogP contribution in [0, 0.1) is 5.82 Å². The summed E-state index contributed by atoms with van der Waals surface area (Å²) in [6.07, 6.45) is 1.76. The molecule has 0 saturated carbocycles. The van der Waals surface area contributed by atoms with Gasteiger partial charge in [-0.25, -0.2) is 4.39 Å². The molecule has 96 valence electrons. The highest BCUT2D eigenvalue weighted by Crippen LogP contribution is 2.18. The summed E-state index contributed by atoms with van der Waals surface area (Å²) in [5.41, 5.74) is 0.926. The summed E-state index contributed by atoms with van der Waals surface area (Å²) >= 11 is 0. The van der Waals surface area contributed by atoms with E-state index in [2.05, 4.69) is 4.90 Å². The zero-order valence-corrected chi connectivity index (χ0v) is 10.4. The molecular weight excluding hydrogens is 221 g/mol. The van der Waals surface area contributed by atoms with Crippen LogP contribution >= 0.6 is 0 Å². The molecule has 0 aliphatic heterocycles. The maximum absolute atomic E-state index is 13.4. The predicted octanol–water partition coefficient (Wildman–Crippen LogP) is 2.04. The summed E-state index contributed by atoms with van der Waals surface area (Å²) in [4.78, 5) is 2.11. The van der Waals surface area contributed by atoms with Gasteiger partial charge in [0, 0.05) is 13.2 Å². The predicted molar refractivity (Wildman–Crippen MR) is 65.6 cm³/mol. The number of benzene rings is 1. The van der Waals surface area contributed by atoms with E-state index in [9.17, 15) is 4.39 Å². The van der Waals surface area contributed by atoms with Crippen molar-refractivity contribution in [2.45, 2.75) is 19.4 Å². The molecule has 0 heterocycles. The highest BCUT2D eigenvalue weighted by atomic mass is 19.1. The molecule has 1 aromatic carbocycles. The molecule has 0 radical (unpaired) electrons. The average molecular weight is 241 g/mol. The van der Waals surface area contributed by atoms with E-state index in [1.165, 1.54) is 13.2 Å². The van der Waals surface area contributed by atoms with Crippen molar-refractivity contribution in [1.82, 2.24) is 4.90 Å². The van der Waals surface area contributed by atoms with Crippen LogP contribution in [0.3, 0.4) is 0 Å². The van der Waals surface area contributed by atoms with Crippen molar-refractivity contribution in [3.63, 3.8) is 0 Å². The molecule has 0 unspecified atom stereocenters. The van der Waals surface area contributed by atoms with Gasteiger partial charge < -0.3 is 14.7 Å². The lowest BCUT2D eigenvalue weighted by molar-refractivity contribution is 0.261. The van der Waals surface area contributed by atoms with E-state index in [1.54, 1.807) is 6.07 Å². The minimum Gasteiger partial charge on any atom is -0.494 e. The van der Waals surface area contributed by atoms with Crippen molar-refractivity contribution in [2.24, 2.45) is 0 Å². The molecule has 0 amide bonds. The van der Waals surface area contributed by atoms with E-state index < -0.39 is 0 Å². The summed E-state index contributed by atoms with van der Waals surface area (Å²) in [5, 5.41) is 8.68. The SMILES string of the molecule is COc1ccc(CN(C)CCCCO)cc1F. The number of ether oxygens (including phenoxy) is 1. The summed E-state index contributed by atoms with van der Waals surface area (Å²) in [6, 6.07) is 5.01. The monoisotopic (exact) mass is 241 g/mol. The smallest absolute Gasteiger partial charge is 0.165 e. The van der Waals surface area contributed by atoms with E-state index in [1.807, 2.05) is 13.1 Å². The molecule has 1 aromatic rings. The quantitative estimate of drug-likeness (QED) is 0.741. The second kappa shape index (κ2) is 7.25. The highest BCUT2D eigenvalue weighted by Gasteiger charge is 2.05. The third-order valence-electron chi connectivity index (χ3n) is 2.62. The van der Waals surface area contributed by atoms with Crippen LogP contribution < -0.4 is 4.74 Å². The Morgan fingerprint density at radius 3 is 2.71 bits per heavy atom. The Hall–Kier alpha value is -1.13. The highest BCUT2D eigenvalue weighted by molar-refractivity contribution is 5.29. The third kappa shape index (κ3) is 4.71. The summed E-state index contributed by atoms with van der Waals surface area (Å²) in [7, 11) is 3.44. The lowest BCUT2D eigenvalue weighted by Gasteiger charge is -2.16. The van der Waals surface area contributed by atoms with Crippen LogP contribution in [0.15, 0.2) is 18.2 Å². The molecule has 0 bridgehead atoms. The molecule has 0 fully saturated rings. The Balaban J connectivity index is 2.48. The molecule has 17 heavy (non-hydrogen) atoms. The van der Waals surface area contributed by atoms with Crippen molar-refractivity contribution >= 4 is 0 Å². The normalized spacial score (nSPS) is 10.9. The molecule has 0 spiro atoms. The number of aliphatic hydroxyl groups excluding tert-OH is 1. The minimum absolute atomic E-state index is 0.227. The molecular formula is C13H20FNO2. The standard InChI is InChI=1S/C13H20FNO2/c1-15(7-3-4-8-16)10-11-5-6-13(17-2)12(14)9-11/h5-6,9,16H,3-4,7-8,10H2,1-2H3. The van der Waals surface area contributed by atoms with Crippen molar-refractivity contribution in [2.75, 3.05) is 27.3 Å². The first-order valence-electron chi connectivity index (χ1n) is 5.79. The van der Waals surface area contributed by atoms with Crippen molar-refractivity contribution in [1.29, 1.82) is 0 Å². The van der Waals surface area contributed by atoms with Gasteiger partial charge in [0.25, 0.3) is 0 Å². The molecule has 0 saturated heterocycles. The topological polar surface area (TPSA) is 32.7 Å². The van der Waals surface area contributed by atoms with E-state index in [-0.39, 0.29) is 18.2 Å². The Morgan fingerprint density at radius 2 is 2.12 bits per heavy atom. The summed E-state index contributed by atoms with van der Waals surface area (Å²) in [6.45, 7) is 1.82. The zero-order valence-electron chi connectivity index (χ0n) is 10.4. The van der Waals surface area contributed by atoms with E-state index >= 15 is 0 Å². The van der Waals surface area contributed by atoms with Gasteiger partial charge in [-0.2, -0.15) is 0 Å². The van der Waals surface area contributed by atoms with Gasteiger partial charge in [0.1, 0.15) is 0 Å². The van der Waals surface area contributed by atoms with Crippen LogP contribution in [-0.4, -0.2) is 37.3 Å². The van der Waals surface area contributed by atoms with Crippen LogP contribution in [0.5, 0.6) is 5.75 Å². The van der Waals surface area contributed by atoms with Gasteiger partial charge >= 0.3 is 0 Å². The summed E-state index contributed by atoms with van der Waals surface area (Å²) < 4.78 is 18.3. The molecule has 0 aliphatic rings. The average Bonchev–Trinajstić information content (AvgIpc) is 2.29. The Kier molecular flexibility index (Phi) is 5.94. The summed E-state index contributed by atoms with van der Waals surface area (Å²) in [5.74, 6) is -0.0505. The van der Waals surface area contributed by atoms with Gasteiger partial charge in [-0.05, 0) is 44.1 Å². The Bertz CT molecular complexity index is 344. The zero-order chi connectivity index (χ0) is 12.7. The van der Waals surface area contributed by atoms with Crippen LogP contribution in [0.4, 0.5) is 4.39 Å². The second-order valence-corrected chi connectivity index (χ2v) is 4.14. The van der Waals surface area contributed by atoms with Crippen LogP contribution in [0.25, 0.3) is 0 Å². The van der Waals surface area contributed by atoms with Gasteiger partial charge in [-0.1, -0.05) is 6.07 Å². The van der Waals surface area contributed by atoms with Gasteiger partial charge in [-0.3, -0.25) is 0 Å². The lowest BCUT2D eigenvalue weighted by atomic mass is 10.2. The maximum Gasteiger partial charge on any atom is 0.165 e. The van der Waals surface area contributed by atoms with E-state index in [0.29, 0.717) is 6.54 Å². The maximum atomic E-state index is 13.4. The molecule has 3 nitrogen and oxygen atoms in total. The Morgan fingerprint density at radius 1 is 1.35 bits per heavy atom. The second-order valence-electron chi connectivity index (χ2n) is 4.14. The number of unbranched alkanes of at least 4 members (excludes halogenated alkanes) is 1. The largest absolute Gasteiger partial charge is 0.494 e. The first-order valence-corrected chi connectivity index (χ1v) is 5.79. The number of methoxy groups -OCH3 is 1. The number of aliphatic hydroxyl groups is 1. The molecule has 1 rings (SSSR count). The van der Waals surface area contributed by atoms with Crippen LogP contribution in [-0.2, 0) is 6.54 Å². The first-order chi connectivity index (χ1) is 8.17. The molecule has 0 atom stereocenters. The molecule has 0 aromatic heterocycles. The van der Waals surface area contributed by atoms with Gasteiger partial charge in [0.05, 0.1) is 7.11 Å². The molecule has 0 aliphatic carbocycles. The molecule has 1 N–H and O–H groups in total. The number of nitrogens with zero attached hydrogens (tertiary/aromatic N) is 1. The number of rotatable bonds is 7. The van der Waals surface area contributed by atoms with Gasteiger partial charge in [-0.15, -0.1) is 0 Å². The van der Waals surface area contributed by atoms with Gasteiger partial charge in [0.2, 0.25) is 0 Å². The fourth-order valence-corrected chi connectivity index (χ4v) is 1.69. The number of halogens is 1. The van der Waals surface area contributed by atoms with E-state index in [4.69, 9.17) is 9.84 Å². The van der Waals surface area contributed by atoms with Crippen LogP contribution in [0.2, 0.25) is 0 Å². The van der Waals surface area contributed by atoms with Crippen molar-refractivity contribution < 1.29 is 14.2 Å². The van der Waals surface area contributed by atoms with Crippen molar-refractivity contribution in [3.05, 3.63) is 29.6 Å². The lowest BCUT2D eigenvalue weighted by Crippen LogP contribution is -2.19. The third-order valence-corrected chi connectivity index (χ3v) is 2.62. The fraction of sp³-hybridized carbons (Fsp3) is 0.538. The number of hydrogen-bond acceptors (Lipinski definition) is 3. The van der Waals surface area contributed by atoms with Crippen molar-refractivity contribution in [3.8, 4) is 5.75 Å². The number of hydrogen-bond donors (Lipinski definition) is 1. The fourth-order valence-electron chi connectivity index (χ4n) is 1.69. The minimum atomic E-state index is -0.325.